The van der Waals surface area contributed by atoms with Crippen molar-refractivity contribution in [2.24, 2.45) is 11.7 Å². The van der Waals surface area contributed by atoms with E-state index >= 15 is 0 Å². The summed E-state index contributed by atoms with van der Waals surface area (Å²) in [7, 11) is 0. The van der Waals surface area contributed by atoms with Crippen LogP contribution < -0.4 is 5.73 Å². The first-order valence-electron chi connectivity index (χ1n) is 7.22. The molecule has 0 saturated heterocycles. The molecular formula is C15H33NO2. The Morgan fingerprint density at radius 1 is 1.06 bits per heavy atom. The number of ether oxygens (including phenoxy) is 2. The quantitative estimate of drug-likeness (QED) is 0.654. The average Bonchev–Trinajstić information content (AvgIpc) is 2.25. The minimum Gasteiger partial charge on any atom is -0.375 e. The van der Waals surface area contributed by atoms with Crippen LogP contribution in [-0.2, 0) is 9.47 Å². The van der Waals surface area contributed by atoms with Gasteiger partial charge in [0.25, 0.3) is 0 Å². The van der Waals surface area contributed by atoms with E-state index in [1.807, 2.05) is 0 Å². The topological polar surface area (TPSA) is 44.5 Å². The summed E-state index contributed by atoms with van der Waals surface area (Å²) in [6, 6.07) is 0. The smallest absolute Gasteiger partial charge is 0.0778 e. The second-order valence-electron chi connectivity index (χ2n) is 6.46. The summed E-state index contributed by atoms with van der Waals surface area (Å²) in [6.45, 7) is 15.0. The molecule has 0 amide bonds. The number of nitrogens with two attached hydrogens (primary N) is 1. The Morgan fingerprint density at radius 2 is 1.67 bits per heavy atom. The highest BCUT2D eigenvalue weighted by Gasteiger charge is 2.26. The van der Waals surface area contributed by atoms with Crippen molar-refractivity contribution in [3.05, 3.63) is 0 Å². The predicted octanol–water partition coefficient (Wildman–Crippen LogP) is 3.36. The lowest BCUT2D eigenvalue weighted by Crippen LogP contribution is -2.40. The molecule has 0 aromatic heterocycles. The number of hydrogen-bond acceptors (Lipinski definition) is 3. The largest absolute Gasteiger partial charge is 0.375 e. The maximum Gasteiger partial charge on any atom is 0.0778 e. The highest BCUT2D eigenvalue weighted by molar-refractivity contribution is 4.78. The van der Waals surface area contributed by atoms with Crippen LogP contribution in [0, 0.1) is 5.92 Å². The third kappa shape index (κ3) is 8.06. The van der Waals surface area contributed by atoms with Crippen LogP contribution in [0.1, 0.15) is 60.8 Å². The molecule has 0 aliphatic rings. The van der Waals surface area contributed by atoms with Gasteiger partial charge < -0.3 is 15.2 Å². The van der Waals surface area contributed by atoms with Crippen LogP contribution in [0.15, 0.2) is 0 Å². The number of hydrogen-bond donors (Lipinski definition) is 1. The summed E-state index contributed by atoms with van der Waals surface area (Å²) >= 11 is 0. The molecule has 0 bridgehead atoms. The second kappa shape index (κ2) is 8.13. The van der Waals surface area contributed by atoms with Crippen LogP contribution >= 0.6 is 0 Å². The van der Waals surface area contributed by atoms with Crippen molar-refractivity contribution in [3.63, 3.8) is 0 Å². The fourth-order valence-electron chi connectivity index (χ4n) is 2.06. The fraction of sp³-hybridized carbons (Fsp3) is 1.00. The molecule has 110 valence electrons. The number of rotatable bonds is 10. The molecule has 0 heterocycles. The lowest BCUT2D eigenvalue weighted by atomic mass is 9.94. The zero-order valence-corrected chi connectivity index (χ0v) is 13.2. The Morgan fingerprint density at radius 3 is 2.11 bits per heavy atom. The molecular weight excluding hydrogens is 226 g/mol. The summed E-state index contributed by atoms with van der Waals surface area (Å²) in [4.78, 5) is 0. The van der Waals surface area contributed by atoms with E-state index in [2.05, 4.69) is 41.5 Å². The summed E-state index contributed by atoms with van der Waals surface area (Å²) in [5, 5.41) is 0. The van der Waals surface area contributed by atoms with Crippen LogP contribution in [0.25, 0.3) is 0 Å². The van der Waals surface area contributed by atoms with Crippen molar-refractivity contribution >= 4 is 0 Å². The Kier molecular flexibility index (Phi) is 8.08. The van der Waals surface area contributed by atoms with Gasteiger partial charge in [-0.2, -0.15) is 0 Å². The van der Waals surface area contributed by atoms with Crippen LogP contribution in [0.5, 0.6) is 0 Å². The predicted molar refractivity (Wildman–Crippen MR) is 77.8 cm³/mol. The fourth-order valence-corrected chi connectivity index (χ4v) is 2.06. The molecule has 0 rings (SSSR count). The first kappa shape index (κ1) is 17.9. The Hall–Kier alpha value is -0.120. The zero-order chi connectivity index (χ0) is 14.2. The maximum absolute atomic E-state index is 6.00. The molecule has 0 spiro atoms. The monoisotopic (exact) mass is 259 g/mol. The Balaban J connectivity index is 4.06. The molecule has 0 aromatic rings. The second-order valence-corrected chi connectivity index (χ2v) is 6.46. The molecule has 0 aliphatic carbocycles. The van der Waals surface area contributed by atoms with E-state index in [1.54, 1.807) is 0 Å². The summed E-state index contributed by atoms with van der Waals surface area (Å²) in [5.74, 6) is 0.600. The van der Waals surface area contributed by atoms with Gasteiger partial charge in [-0.05, 0) is 46.0 Å². The summed E-state index contributed by atoms with van der Waals surface area (Å²) in [6.07, 6.45) is 2.96. The molecule has 0 radical (unpaired) electrons. The van der Waals surface area contributed by atoms with E-state index in [4.69, 9.17) is 15.2 Å². The van der Waals surface area contributed by atoms with Gasteiger partial charge >= 0.3 is 0 Å². The molecule has 0 aromatic carbocycles. The van der Waals surface area contributed by atoms with Crippen molar-refractivity contribution in [2.75, 3.05) is 19.8 Å². The lowest BCUT2D eigenvalue weighted by Gasteiger charge is -2.32. The minimum absolute atomic E-state index is 0.108. The molecule has 1 atom stereocenters. The molecule has 0 aliphatic heterocycles. The van der Waals surface area contributed by atoms with Crippen LogP contribution in [0.3, 0.4) is 0 Å². The highest BCUT2D eigenvalue weighted by Crippen LogP contribution is 2.22. The normalized spacial score (nSPS) is 16.0. The van der Waals surface area contributed by atoms with Crippen molar-refractivity contribution < 1.29 is 9.47 Å². The van der Waals surface area contributed by atoms with Crippen molar-refractivity contribution in [3.8, 4) is 0 Å². The van der Waals surface area contributed by atoms with E-state index in [1.165, 1.54) is 0 Å². The van der Waals surface area contributed by atoms with Gasteiger partial charge in [-0.1, -0.05) is 20.8 Å². The van der Waals surface area contributed by atoms with E-state index in [0.717, 1.165) is 25.9 Å². The standard InChI is InChI=1S/C15H33NO2/c1-7-9-17-14(4,5)8-10-18-15(6,12-16)11-13(2)3/h13H,7-12,16H2,1-6H3. The Bertz CT molecular complexity index is 217. The molecule has 3 heteroatoms. The molecule has 18 heavy (non-hydrogen) atoms. The molecule has 2 N–H and O–H groups in total. The average molecular weight is 259 g/mol. The van der Waals surface area contributed by atoms with Crippen molar-refractivity contribution in [1.29, 1.82) is 0 Å². The molecule has 0 saturated carbocycles. The van der Waals surface area contributed by atoms with E-state index in [0.29, 0.717) is 19.1 Å². The van der Waals surface area contributed by atoms with Gasteiger partial charge in [-0.25, -0.2) is 0 Å². The van der Waals surface area contributed by atoms with Gasteiger partial charge in [0.2, 0.25) is 0 Å². The van der Waals surface area contributed by atoms with Crippen LogP contribution in [0.2, 0.25) is 0 Å². The third-order valence-corrected chi connectivity index (χ3v) is 3.12. The summed E-state index contributed by atoms with van der Waals surface area (Å²) < 4.78 is 11.8. The van der Waals surface area contributed by atoms with Gasteiger partial charge in [0.05, 0.1) is 17.8 Å². The molecule has 0 fully saturated rings. The van der Waals surface area contributed by atoms with Gasteiger partial charge in [0, 0.05) is 13.2 Å². The molecule has 1 unspecified atom stereocenters. The van der Waals surface area contributed by atoms with Crippen molar-refractivity contribution in [2.45, 2.75) is 72.0 Å². The van der Waals surface area contributed by atoms with Gasteiger partial charge in [-0.3, -0.25) is 0 Å². The first-order chi connectivity index (χ1) is 8.24. The Labute approximate surface area is 113 Å². The minimum atomic E-state index is -0.199. The van der Waals surface area contributed by atoms with E-state index in [-0.39, 0.29) is 11.2 Å². The van der Waals surface area contributed by atoms with Gasteiger partial charge in [0.1, 0.15) is 0 Å². The maximum atomic E-state index is 6.00. The van der Waals surface area contributed by atoms with Crippen LogP contribution in [0.4, 0.5) is 0 Å². The summed E-state index contributed by atoms with van der Waals surface area (Å²) in [5.41, 5.74) is 5.52. The third-order valence-electron chi connectivity index (χ3n) is 3.12. The molecule has 3 nitrogen and oxygen atoms in total. The van der Waals surface area contributed by atoms with Gasteiger partial charge in [0.15, 0.2) is 0 Å². The first-order valence-corrected chi connectivity index (χ1v) is 7.22. The SMILES string of the molecule is CCCOC(C)(C)CCOC(C)(CN)CC(C)C. The highest BCUT2D eigenvalue weighted by atomic mass is 16.5. The van der Waals surface area contributed by atoms with Crippen LogP contribution in [-0.4, -0.2) is 31.0 Å². The van der Waals surface area contributed by atoms with E-state index in [9.17, 15) is 0 Å². The van der Waals surface area contributed by atoms with Crippen molar-refractivity contribution in [1.82, 2.24) is 0 Å². The van der Waals surface area contributed by atoms with Gasteiger partial charge in [-0.15, -0.1) is 0 Å². The zero-order valence-electron chi connectivity index (χ0n) is 13.2. The van der Waals surface area contributed by atoms with E-state index < -0.39 is 0 Å². The lowest BCUT2D eigenvalue weighted by molar-refractivity contribution is -0.0808.